The molecule has 0 fully saturated rings. The number of benzene rings is 11. The van der Waals surface area contributed by atoms with Gasteiger partial charge in [0, 0.05) is 78.1 Å². The van der Waals surface area contributed by atoms with E-state index < -0.39 is 0 Å². The van der Waals surface area contributed by atoms with E-state index in [-0.39, 0.29) is 20.1 Å². The number of aromatic nitrogens is 2. The monoisotopic (exact) mass is 950 g/mol. The molecule has 75 heavy (non-hydrogen) atoms. The number of nitrogens with zero attached hydrogens (tertiary/aromatic N) is 4. The molecule has 0 unspecified atom stereocenters. The number of para-hydroxylation sites is 8. The van der Waals surface area contributed by atoms with E-state index in [1.807, 2.05) is 0 Å². The van der Waals surface area contributed by atoms with Crippen molar-refractivity contribution in [3.8, 4) is 34.4 Å². The molecule has 6 nitrogen and oxygen atoms in total. The Bertz CT molecular complexity index is 4480. The molecular weight excluding hydrogens is 913 g/mol. The summed E-state index contributed by atoms with van der Waals surface area (Å²) >= 11 is 0. The van der Waals surface area contributed by atoms with E-state index in [1.54, 1.807) is 0 Å². The Morgan fingerprint density at radius 3 is 1.16 bits per heavy atom. The molecule has 19 rings (SSSR count). The van der Waals surface area contributed by atoms with E-state index in [0.717, 1.165) is 79.4 Å². The fourth-order valence-electron chi connectivity index (χ4n) is 14.9. The van der Waals surface area contributed by atoms with Gasteiger partial charge in [-0.2, -0.15) is 0 Å². The maximum absolute atomic E-state index is 7.75. The summed E-state index contributed by atoms with van der Waals surface area (Å²) < 4.78 is 20.6. The summed E-state index contributed by atoms with van der Waals surface area (Å²) in [5.41, 5.74) is 24.6. The third-order valence-electron chi connectivity index (χ3n) is 17.6. The first-order valence-electron chi connectivity index (χ1n) is 26.1. The van der Waals surface area contributed by atoms with Crippen LogP contribution in [-0.2, 0) is 0 Å². The van der Waals surface area contributed by atoms with Gasteiger partial charge in [0.05, 0.1) is 11.0 Å². The van der Waals surface area contributed by atoms with Gasteiger partial charge in [-0.05, 0) is 122 Å². The highest BCUT2D eigenvalue weighted by Crippen LogP contribution is 2.50. The van der Waals surface area contributed by atoms with Crippen LogP contribution in [0.15, 0.2) is 224 Å². The summed E-state index contributed by atoms with van der Waals surface area (Å²) in [6, 6.07) is 83.0. The molecular formula is C66H37B3N4O2. The Kier molecular flexibility index (Phi) is 7.14. The minimum absolute atomic E-state index is 0.0771. The lowest BCUT2D eigenvalue weighted by Crippen LogP contribution is -2.67. The maximum atomic E-state index is 7.75. The van der Waals surface area contributed by atoms with E-state index in [9.17, 15) is 0 Å². The number of hydrogen-bond donors (Lipinski definition) is 0. The van der Waals surface area contributed by atoms with Crippen LogP contribution in [0.5, 0.6) is 23.0 Å². The van der Waals surface area contributed by atoms with Crippen molar-refractivity contribution < 1.29 is 9.47 Å². The van der Waals surface area contributed by atoms with Gasteiger partial charge in [0.2, 0.25) is 0 Å². The van der Waals surface area contributed by atoms with Gasteiger partial charge in [-0.1, -0.05) is 152 Å². The number of ether oxygens (including phenoxy) is 2. The quantitative estimate of drug-likeness (QED) is 0.162. The first kappa shape index (κ1) is 39.0. The average Bonchev–Trinajstić information content (AvgIpc) is 4.06. The van der Waals surface area contributed by atoms with Crippen molar-refractivity contribution in [3.63, 3.8) is 0 Å². The Balaban J connectivity index is 1.01. The van der Waals surface area contributed by atoms with Crippen LogP contribution in [0.3, 0.4) is 0 Å². The lowest BCUT2D eigenvalue weighted by molar-refractivity contribution is 0.490. The van der Waals surface area contributed by atoms with Gasteiger partial charge in [0.15, 0.2) is 0 Å². The smallest absolute Gasteiger partial charge is 0.261 e. The Hall–Kier alpha value is -9.59. The molecule has 0 bridgehead atoms. The van der Waals surface area contributed by atoms with Crippen LogP contribution in [0, 0.1) is 0 Å². The van der Waals surface area contributed by atoms with Crippen LogP contribution in [0.25, 0.3) is 55.0 Å². The molecule has 0 N–H and O–H groups in total. The van der Waals surface area contributed by atoms with Crippen molar-refractivity contribution in [1.29, 1.82) is 0 Å². The van der Waals surface area contributed by atoms with Gasteiger partial charge in [-0.15, -0.1) is 0 Å². The normalized spacial score (nSPS) is 14.2. The zero-order valence-electron chi connectivity index (χ0n) is 40.2. The van der Waals surface area contributed by atoms with E-state index in [1.165, 1.54) is 81.9 Å². The van der Waals surface area contributed by atoms with Gasteiger partial charge < -0.3 is 28.4 Å². The molecule has 0 aliphatic carbocycles. The molecule has 0 saturated carbocycles. The Morgan fingerprint density at radius 2 is 0.667 bits per heavy atom. The lowest BCUT2D eigenvalue weighted by Gasteiger charge is -2.47. The second-order valence-corrected chi connectivity index (χ2v) is 21.0. The highest BCUT2D eigenvalue weighted by molar-refractivity contribution is 7.05. The van der Waals surface area contributed by atoms with Crippen molar-refractivity contribution in [2.45, 2.75) is 0 Å². The number of fused-ring (bicyclic) bond motifs is 20. The van der Waals surface area contributed by atoms with E-state index in [0.29, 0.717) is 0 Å². The van der Waals surface area contributed by atoms with E-state index in [2.05, 4.69) is 243 Å². The number of hydrogen-bond acceptors (Lipinski definition) is 4. The molecule has 8 heterocycles. The van der Waals surface area contributed by atoms with Crippen molar-refractivity contribution in [1.82, 2.24) is 9.13 Å². The summed E-state index contributed by atoms with van der Waals surface area (Å²) in [6.45, 7) is -0.477. The van der Waals surface area contributed by atoms with Crippen molar-refractivity contribution >= 4 is 147 Å². The van der Waals surface area contributed by atoms with Crippen molar-refractivity contribution in [3.05, 3.63) is 224 Å². The van der Waals surface area contributed by atoms with Gasteiger partial charge in [-0.25, -0.2) is 0 Å². The van der Waals surface area contributed by atoms with Gasteiger partial charge in [0.1, 0.15) is 23.0 Å². The van der Waals surface area contributed by atoms with Gasteiger partial charge in [-0.3, -0.25) is 0 Å². The third-order valence-corrected chi connectivity index (χ3v) is 17.6. The molecule has 0 radical (unpaired) electrons. The van der Waals surface area contributed by atoms with Crippen LogP contribution >= 0.6 is 0 Å². The highest BCUT2D eigenvalue weighted by Gasteiger charge is 2.53. The summed E-state index contributed by atoms with van der Waals surface area (Å²) in [5, 5.41) is 5.02. The topological polar surface area (TPSA) is 34.8 Å². The number of anilines is 6. The molecule has 0 spiro atoms. The third kappa shape index (κ3) is 4.65. The Morgan fingerprint density at radius 1 is 0.280 bits per heavy atom. The van der Waals surface area contributed by atoms with Crippen LogP contribution in [-0.4, -0.2) is 29.3 Å². The van der Waals surface area contributed by atoms with Crippen LogP contribution < -0.4 is 68.4 Å². The lowest BCUT2D eigenvalue weighted by atomic mass is 9.28. The average molecular weight is 950 g/mol. The van der Waals surface area contributed by atoms with Crippen molar-refractivity contribution in [2.24, 2.45) is 0 Å². The molecule has 342 valence electrons. The predicted molar refractivity (Wildman–Crippen MR) is 311 cm³/mol. The fraction of sp³-hybridized carbons (Fsp3) is 0. The molecule has 0 amide bonds. The fourth-order valence-corrected chi connectivity index (χ4v) is 14.9. The molecule has 0 saturated heterocycles. The first-order valence-corrected chi connectivity index (χ1v) is 26.1. The zero-order valence-corrected chi connectivity index (χ0v) is 40.2. The summed E-state index contributed by atoms with van der Waals surface area (Å²) in [4.78, 5) is 5.03. The van der Waals surface area contributed by atoms with Crippen LogP contribution in [0.4, 0.5) is 34.1 Å². The zero-order chi connectivity index (χ0) is 48.4. The molecule has 9 heteroatoms. The maximum Gasteiger partial charge on any atom is 0.261 e. The SMILES string of the molecule is c1ccc(N2c3cccc4c3B(c3c2cc2c5c3Oc3ccccc3B5c3cccc5c6ccccc6n-2c35)c2c(cc3c5c2Oc2ccccc2B5c2cccc5c6ccccc6n-3c25)N4c2ccccc2)cc1. The van der Waals surface area contributed by atoms with Crippen molar-refractivity contribution in [2.75, 3.05) is 9.80 Å². The predicted octanol–water partition coefficient (Wildman–Crippen LogP) is 9.83. The number of rotatable bonds is 2. The summed E-state index contributed by atoms with van der Waals surface area (Å²) in [5.74, 6) is 3.61. The molecule has 13 aromatic rings. The second kappa shape index (κ2) is 13.7. The largest absolute Gasteiger partial charge is 0.459 e. The van der Waals surface area contributed by atoms with Crippen LogP contribution in [0.1, 0.15) is 0 Å². The van der Waals surface area contributed by atoms with Gasteiger partial charge in [0.25, 0.3) is 20.1 Å². The molecule has 11 aromatic carbocycles. The van der Waals surface area contributed by atoms with Crippen LogP contribution in [0.2, 0.25) is 0 Å². The molecule has 2 aromatic heterocycles. The first-order chi connectivity index (χ1) is 37.3. The minimum atomic E-state index is -0.323. The van der Waals surface area contributed by atoms with E-state index in [4.69, 9.17) is 9.47 Å². The minimum Gasteiger partial charge on any atom is -0.459 e. The summed E-state index contributed by atoms with van der Waals surface area (Å²) in [6.07, 6.45) is 0. The highest BCUT2D eigenvalue weighted by atomic mass is 16.5. The van der Waals surface area contributed by atoms with Gasteiger partial charge >= 0.3 is 0 Å². The molecule has 6 aliphatic rings. The Labute approximate surface area is 432 Å². The molecule has 6 aliphatic heterocycles. The summed E-state index contributed by atoms with van der Waals surface area (Å²) in [7, 11) is 0. The molecule has 0 atom stereocenters. The standard InChI is InChI=1S/C66H37B3N4O2/c1-3-18-38(19-4-1)70-50-32-17-33-51-58(50)69(61-52(70)36-54-59-65(61)74-56-34-13-9-26-44(56)67(59)46-28-15-24-42-40-22-7-11-30-48(40)72(54)63(42)46)62-53(71(51)39-20-5-2-6-21-39)37-55-60-66(62)75-57-35-14-10-27-45(57)68(60)47-29-16-25-43-41-23-8-12-31-49(41)73(55)64(43)47/h1-37H. The van der Waals surface area contributed by atoms with E-state index >= 15 is 0 Å². The second-order valence-electron chi connectivity index (χ2n) is 21.0.